The molecule has 2 aromatic heterocycles. The van der Waals surface area contributed by atoms with Crippen LogP contribution in [0.3, 0.4) is 0 Å². The summed E-state index contributed by atoms with van der Waals surface area (Å²) in [4.78, 5) is 18.0. The summed E-state index contributed by atoms with van der Waals surface area (Å²) < 4.78 is 17.9. The number of hydrogen-bond acceptors (Lipinski definition) is 8. The van der Waals surface area contributed by atoms with Gasteiger partial charge >= 0.3 is 0 Å². The summed E-state index contributed by atoms with van der Waals surface area (Å²) in [5.74, 6) is 2.20. The van der Waals surface area contributed by atoms with E-state index >= 15 is 0 Å². The summed E-state index contributed by atoms with van der Waals surface area (Å²) in [5, 5.41) is 10.1. The van der Waals surface area contributed by atoms with Crippen LogP contribution in [-0.2, 0) is 11.3 Å². The van der Waals surface area contributed by atoms with Crippen LogP contribution in [0.1, 0.15) is 66.1 Å². The molecule has 4 heterocycles. The molecule has 2 aromatic carbocycles. The fraction of sp³-hybridized carbons (Fsp3) is 0.379. The molecule has 2 bridgehead atoms. The van der Waals surface area contributed by atoms with E-state index in [4.69, 9.17) is 48.6 Å². The second-order valence-corrected chi connectivity index (χ2v) is 11.9. The van der Waals surface area contributed by atoms with Crippen molar-refractivity contribution in [1.29, 1.82) is 0 Å². The van der Waals surface area contributed by atoms with Crippen molar-refractivity contribution in [3.8, 4) is 22.7 Å². The minimum absolute atomic E-state index is 0.0753. The first-order valence-electron chi connectivity index (χ1n) is 13.4. The number of hydrogen-bond donors (Lipinski definition) is 0. The van der Waals surface area contributed by atoms with Crippen molar-refractivity contribution >= 4 is 47.0 Å². The van der Waals surface area contributed by atoms with Crippen LogP contribution < -0.4 is 4.90 Å². The van der Waals surface area contributed by atoms with Crippen molar-refractivity contribution in [3.05, 3.63) is 68.4 Å². The van der Waals surface area contributed by atoms with Gasteiger partial charge in [0, 0.05) is 40.3 Å². The second-order valence-electron chi connectivity index (χ2n) is 10.7. The van der Waals surface area contributed by atoms with Gasteiger partial charge in [-0.15, -0.1) is 0 Å². The first kappa shape index (κ1) is 26.0. The van der Waals surface area contributed by atoms with Gasteiger partial charge in [0.25, 0.3) is 11.8 Å². The van der Waals surface area contributed by atoms with Crippen LogP contribution in [0.15, 0.2) is 45.4 Å². The lowest BCUT2D eigenvalue weighted by molar-refractivity contribution is 0.0144. The Morgan fingerprint density at radius 3 is 2.38 bits per heavy atom. The van der Waals surface area contributed by atoms with Crippen LogP contribution in [0, 0.1) is 0 Å². The van der Waals surface area contributed by atoms with E-state index in [9.17, 15) is 4.79 Å². The average Bonchev–Trinajstić information content (AvgIpc) is 3.41. The Hall–Kier alpha value is -2.91. The molecule has 1 saturated carbocycles. The molecule has 3 fully saturated rings. The molecule has 0 radical (unpaired) electrons. The Morgan fingerprint density at radius 1 is 0.950 bits per heavy atom. The minimum Gasteiger partial charge on any atom is -0.373 e. The predicted octanol–water partition coefficient (Wildman–Crippen LogP) is 7.76. The van der Waals surface area contributed by atoms with Gasteiger partial charge in [-0.25, -0.2) is 0 Å². The molecule has 3 aliphatic rings. The molecule has 11 heteroatoms. The average molecular weight is 600 g/mol. The number of nitrogens with zero attached hydrogens (tertiary/aromatic N) is 4. The largest absolute Gasteiger partial charge is 0.373 e. The van der Waals surface area contributed by atoms with Crippen LogP contribution in [0.5, 0.6) is 0 Å². The van der Waals surface area contributed by atoms with Gasteiger partial charge in [0.2, 0.25) is 0 Å². The number of rotatable bonds is 8. The van der Waals surface area contributed by atoms with Gasteiger partial charge in [-0.05, 0) is 74.0 Å². The normalized spacial score (nSPS) is 22.2. The minimum atomic E-state index is 0.0753. The highest BCUT2D eigenvalue weighted by Crippen LogP contribution is 2.47. The SMILES string of the molecule is O=Cc1ccc(-c2nc(N3C4CCC3CC(OCc3c(-c5c(Cl)cccc5Cl)noc3C3CC3)C4)no2)cc1Cl. The molecular formula is C29H25Cl3N4O4. The van der Waals surface area contributed by atoms with E-state index in [2.05, 4.69) is 20.2 Å². The van der Waals surface area contributed by atoms with E-state index in [-0.39, 0.29) is 18.2 Å². The molecule has 2 atom stereocenters. The Balaban J connectivity index is 1.07. The molecule has 0 N–H and O–H groups in total. The third kappa shape index (κ3) is 4.71. The van der Waals surface area contributed by atoms with Gasteiger partial charge in [0.15, 0.2) is 6.29 Å². The van der Waals surface area contributed by atoms with Gasteiger partial charge in [-0.1, -0.05) is 46.0 Å². The molecule has 40 heavy (non-hydrogen) atoms. The summed E-state index contributed by atoms with van der Waals surface area (Å²) in [7, 11) is 0. The fourth-order valence-electron chi connectivity index (χ4n) is 6.03. The van der Waals surface area contributed by atoms with Gasteiger partial charge in [-0.2, -0.15) is 4.98 Å². The molecule has 8 nitrogen and oxygen atoms in total. The van der Waals surface area contributed by atoms with E-state index < -0.39 is 0 Å². The van der Waals surface area contributed by atoms with Gasteiger partial charge in [0.1, 0.15) is 11.5 Å². The third-order valence-corrected chi connectivity index (χ3v) is 9.10. The highest BCUT2D eigenvalue weighted by atomic mass is 35.5. The van der Waals surface area contributed by atoms with Crippen LogP contribution in [0.25, 0.3) is 22.7 Å². The maximum Gasteiger partial charge on any atom is 0.266 e. The van der Waals surface area contributed by atoms with E-state index in [1.807, 2.05) is 18.2 Å². The molecule has 4 aromatic rings. The molecule has 2 saturated heterocycles. The van der Waals surface area contributed by atoms with E-state index in [1.54, 1.807) is 18.2 Å². The summed E-state index contributed by atoms with van der Waals surface area (Å²) >= 11 is 19.2. The maximum atomic E-state index is 11.1. The van der Waals surface area contributed by atoms with Crippen LogP contribution in [0.4, 0.5) is 5.95 Å². The Morgan fingerprint density at radius 2 is 1.70 bits per heavy atom. The highest BCUT2D eigenvalue weighted by molar-refractivity contribution is 6.39. The van der Waals surface area contributed by atoms with Crippen LogP contribution >= 0.6 is 34.8 Å². The number of benzene rings is 2. The van der Waals surface area contributed by atoms with Crippen molar-refractivity contribution < 1.29 is 18.6 Å². The topological polar surface area (TPSA) is 94.5 Å². The van der Waals surface area contributed by atoms with Crippen molar-refractivity contribution in [2.24, 2.45) is 0 Å². The second kappa shape index (κ2) is 10.5. The number of carbonyl (C=O) groups excluding carboxylic acids is 1. The quantitative estimate of drug-likeness (QED) is 0.190. The Labute approximate surface area is 245 Å². The number of carbonyl (C=O) groups is 1. The maximum absolute atomic E-state index is 11.1. The zero-order valence-electron chi connectivity index (χ0n) is 21.4. The lowest BCUT2D eigenvalue weighted by atomic mass is 9.99. The number of anilines is 1. The Bertz CT molecular complexity index is 1550. The molecule has 1 aliphatic carbocycles. The number of aromatic nitrogens is 3. The zero-order valence-corrected chi connectivity index (χ0v) is 23.6. The number of fused-ring (bicyclic) bond motifs is 2. The van der Waals surface area contributed by atoms with Crippen molar-refractivity contribution in [1.82, 2.24) is 15.3 Å². The smallest absolute Gasteiger partial charge is 0.266 e. The van der Waals surface area contributed by atoms with Crippen LogP contribution in [-0.4, -0.2) is 39.8 Å². The first-order valence-corrected chi connectivity index (χ1v) is 14.5. The Kier molecular flexibility index (Phi) is 6.82. The molecule has 0 spiro atoms. The number of ether oxygens (including phenoxy) is 1. The zero-order chi connectivity index (χ0) is 27.4. The van der Waals surface area contributed by atoms with Gasteiger partial charge in [0.05, 0.1) is 27.8 Å². The highest BCUT2D eigenvalue weighted by Gasteiger charge is 2.43. The molecule has 0 amide bonds. The van der Waals surface area contributed by atoms with E-state index in [1.165, 1.54) is 0 Å². The number of piperidine rings is 1. The number of halogens is 3. The summed E-state index contributed by atoms with van der Waals surface area (Å²) in [6.07, 6.45) is 6.74. The fourth-order valence-corrected chi connectivity index (χ4v) is 6.83. The number of aldehydes is 1. The van der Waals surface area contributed by atoms with Crippen LogP contribution in [0.2, 0.25) is 15.1 Å². The third-order valence-electron chi connectivity index (χ3n) is 8.14. The van der Waals surface area contributed by atoms with Crippen molar-refractivity contribution in [2.45, 2.75) is 69.2 Å². The summed E-state index contributed by atoms with van der Waals surface area (Å²) in [6, 6.07) is 11.0. The molecular weight excluding hydrogens is 575 g/mol. The predicted molar refractivity (Wildman–Crippen MR) is 151 cm³/mol. The lowest BCUT2D eigenvalue weighted by Crippen LogP contribution is -2.46. The van der Waals surface area contributed by atoms with Crippen molar-refractivity contribution in [2.75, 3.05) is 4.90 Å². The summed E-state index contributed by atoms with van der Waals surface area (Å²) in [5.41, 5.74) is 3.38. The van der Waals surface area contributed by atoms with Gasteiger partial charge in [-0.3, -0.25) is 4.79 Å². The van der Waals surface area contributed by atoms with Gasteiger partial charge < -0.3 is 18.7 Å². The molecule has 2 aliphatic heterocycles. The first-order chi connectivity index (χ1) is 19.5. The lowest BCUT2D eigenvalue weighted by Gasteiger charge is -2.37. The molecule has 206 valence electrons. The molecule has 2 unspecified atom stereocenters. The van der Waals surface area contributed by atoms with Crippen molar-refractivity contribution in [3.63, 3.8) is 0 Å². The molecule has 7 rings (SSSR count). The monoisotopic (exact) mass is 598 g/mol. The van der Waals surface area contributed by atoms with E-state index in [0.29, 0.717) is 61.8 Å². The standard InChI is InChI=1S/C29H25Cl3N4O4/c30-22-2-1-3-23(31)25(22)26-21(27(39-34-26)15-4-5-15)14-38-20-11-18-8-9-19(12-20)36(18)29-33-28(40-35-29)16-6-7-17(13-37)24(32)10-16/h1-3,6-7,10,13,15,18-20H,4-5,8-9,11-12,14H2. The van der Waals surface area contributed by atoms with E-state index in [0.717, 1.165) is 56.1 Å². The summed E-state index contributed by atoms with van der Waals surface area (Å²) in [6.45, 7) is 0.389.